The van der Waals surface area contributed by atoms with Crippen LogP contribution in [0.1, 0.15) is 66.2 Å². The normalized spacial score (nSPS) is 28.5. The van der Waals surface area contributed by atoms with Crippen LogP contribution in [-0.2, 0) is 4.74 Å². The number of hydrogen-bond donors (Lipinski definition) is 1. The van der Waals surface area contributed by atoms with E-state index in [0.29, 0.717) is 12.1 Å². The first-order valence-corrected chi connectivity index (χ1v) is 8.57. The highest BCUT2D eigenvalue weighted by Crippen LogP contribution is 2.25. The van der Waals surface area contributed by atoms with E-state index in [-0.39, 0.29) is 6.09 Å². The smallest absolute Gasteiger partial charge is 0.410 e. The number of ether oxygens (including phenoxy) is 1. The fourth-order valence-corrected chi connectivity index (χ4v) is 3.47. The summed E-state index contributed by atoms with van der Waals surface area (Å²) in [5.41, 5.74) is -0.398. The molecular weight excluding hydrogens is 264 g/mol. The van der Waals surface area contributed by atoms with E-state index in [9.17, 15) is 4.79 Å². The summed E-state index contributed by atoms with van der Waals surface area (Å²) < 4.78 is 5.44. The molecule has 2 atom stereocenters. The highest BCUT2D eigenvalue weighted by atomic mass is 16.6. The summed E-state index contributed by atoms with van der Waals surface area (Å²) in [4.78, 5) is 13.9. The van der Waals surface area contributed by atoms with E-state index in [4.69, 9.17) is 4.74 Å². The van der Waals surface area contributed by atoms with Gasteiger partial charge in [0.15, 0.2) is 0 Å². The fraction of sp³-hybridized carbons (Fsp3) is 0.941. The van der Waals surface area contributed by atoms with Gasteiger partial charge in [0.1, 0.15) is 5.60 Å². The van der Waals surface area contributed by atoms with E-state index >= 15 is 0 Å². The molecule has 1 heterocycles. The molecule has 4 nitrogen and oxygen atoms in total. The van der Waals surface area contributed by atoms with E-state index in [1.807, 2.05) is 25.7 Å². The van der Waals surface area contributed by atoms with E-state index in [1.165, 1.54) is 25.7 Å². The maximum Gasteiger partial charge on any atom is 0.410 e. The lowest BCUT2D eigenvalue weighted by Crippen LogP contribution is -2.49. The highest BCUT2D eigenvalue weighted by Gasteiger charge is 2.28. The van der Waals surface area contributed by atoms with E-state index in [0.717, 1.165) is 31.8 Å². The van der Waals surface area contributed by atoms with Gasteiger partial charge in [-0.3, -0.25) is 0 Å². The number of carbonyl (C=O) groups is 1. The van der Waals surface area contributed by atoms with Crippen molar-refractivity contribution in [3.8, 4) is 0 Å². The number of nitrogens with one attached hydrogen (secondary N) is 1. The van der Waals surface area contributed by atoms with Crippen LogP contribution in [0.4, 0.5) is 4.79 Å². The number of carbonyl (C=O) groups excluding carboxylic acids is 1. The third-order valence-corrected chi connectivity index (χ3v) is 4.55. The molecule has 1 aliphatic carbocycles. The van der Waals surface area contributed by atoms with Crippen molar-refractivity contribution in [3.05, 3.63) is 0 Å². The molecule has 4 heteroatoms. The summed E-state index contributed by atoms with van der Waals surface area (Å²) in [5, 5.41) is 3.82. The van der Waals surface area contributed by atoms with Crippen molar-refractivity contribution in [2.45, 2.75) is 83.9 Å². The Balaban J connectivity index is 1.71. The average Bonchev–Trinajstić information content (AvgIpc) is 2.37. The second kappa shape index (κ2) is 6.99. The van der Waals surface area contributed by atoms with Crippen molar-refractivity contribution >= 4 is 6.09 Å². The molecule has 2 rings (SSSR count). The minimum atomic E-state index is -0.398. The van der Waals surface area contributed by atoms with Gasteiger partial charge in [-0.2, -0.15) is 0 Å². The Bertz CT molecular complexity index is 343. The molecule has 0 radical (unpaired) electrons. The molecular formula is C17H32N2O2. The molecule has 2 unspecified atom stereocenters. The van der Waals surface area contributed by atoms with Crippen LogP contribution in [-0.4, -0.2) is 41.8 Å². The molecule has 0 aromatic rings. The maximum atomic E-state index is 12.0. The third-order valence-electron chi connectivity index (χ3n) is 4.55. The van der Waals surface area contributed by atoms with Gasteiger partial charge in [0.2, 0.25) is 0 Å². The Morgan fingerprint density at radius 3 is 2.33 bits per heavy atom. The fourth-order valence-electron chi connectivity index (χ4n) is 3.47. The first-order chi connectivity index (χ1) is 9.83. The number of rotatable bonds is 2. The Morgan fingerprint density at radius 2 is 1.76 bits per heavy atom. The number of piperidine rings is 1. The molecule has 0 bridgehead atoms. The van der Waals surface area contributed by atoms with Gasteiger partial charge < -0.3 is 15.0 Å². The second-order valence-electron chi connectivity index (χ2n) is 7.88. The van der Waals surface area contributed by atoms with Crippen LogP contribution in [0.15, 0.2) is 0 Å². The zero-order valence-corrected chi connectivity index (χ0v) is 14.2. The Kier molecular flexibility index (Phi) is 5.53. The van der Waals surface area contributed by atoms with Crippen LogP contribution in [0.5, 0.6) is 0 Å². The van der Waals surface area contributed by atoms with Gasteiger partial charge in [0.25, 0.3) is 0 Å². The molecule has 2 fully saturated rings. The molecule has 1 aliphatic heterocycles. The van der Waals surface area contributed by atoms with Crippen LogP contribution in [0.3, 0.4) is 0 Å². The Hall–Kier alpha value is -0.770. The molecule has 122 valence electrons. The van der Waals surface area contributed by atoms with E-state index in [1.54, 1.807) is 0 Å². The first-order valence-electron chi connectivity index (χ1n) is 8.57. The number of amides is 1. The summed E-state index contributed by atoms with van der Waals surface area (Å²) in [6.07, 6.45) is 7.30. The summed E-state index contributed by atoms with van der Waals surface area (Å²) in [6.45, 7) is 9.75. The average molecular weight is 296 g/mol. The Morgan fingerprint density at radius 1 is 1.10 bits per heavy atom. The SMILES string of the molecule is CC1CCCC(NC2CCN(C(=O)OC(C)(C)C)CC2)C1. The van der Waals surface area contributed by atoms with Crippen LogP contribution in [0, 0.1) is 5.92 Å². The van der Waals surface area contributed by atoms with E-state index < -0.39 is 5.60 Å². The van der Waals surface area contributed by atoms with Gasteiger partial charge in [-0.05, 0) is 52.4 Å². The van der Waals surface area contributed by atoms with Crippen LogP contribution >= 0.6 is 0 Å². The van der Waals surface area contributed by atoms with E-state index in [2.05, 4.69) is 12.2 Å². The number of nitrogens with zero attached hydrogens (tertiary/aromatic N) is 1. The van der Waals surface area contributed by atoms with Crippen molar-refractivity contribution in [1.29, 1.82) is 0 Å². The molecule has 0 aromatic heterocycles. The van der Waals surface area contributed by atoms with Crippen molar-refractivity contribution in [3.63, 3.8) is 0 Å². The topological polar surface area (TPSA) is 41.6 Å². The predicted molar refractivity (Wildman–Crippen MR) is 85.4 cm³/mol. The van der Waals surface area contributed by atoms with Crippen LogP contribution in [0.2, 0.25) is 0 Å². The van der Waals surface area contributed by atoms with Crippen molar-refractivity contribution in [1.82, 2.24) is 10.2 Å². The predicted octanol–water partition coefficient (Wildman–Crippen LogP) is 3.55. The van der Waals surface area contributed by atoms with Gasteiger partial charge >= 0.3 is 6.09 Å². The van der Waals surface area contributed by atoms with Crippen molar-refractivity contribution in [2.24, 2.45) is 5.92 Å². The second-order valence-corrected chi connectivity index (χ2v) is 7.88. The van der Waals surface area contributed by atoms with Crippen molar-refractivity contribution in [2.75, 3.05) is 13.1 Å². The quantitative estimate of drug-likeness (QED) is 0.847. The minimum Gasteiger partial charge on any atom is -0.444 e. The lowest BCUT2D eigenvalue weighted by atomic mass is 9.86. The summed E-state index contributed by atoms with van der Waals surface area (Å²) in [7, 11) is 0. The van der Waals surface area contributed by atoms with Gasteiger partial charge in [0.05, 0.1) is 0 Å². The van der Waals surface area contributed by atoms with Gasteiger partial charge in [-0.15, -0.1) is 0 Å². The van der Waals surface area contributed by atoms with Gasteiger partial charge in [-0.1, -0.05) is 19.8 Å². The Labute approximate surface area is 129 Å². The van der Waals surface area contributed by atoms with Crippen molar-refractivity contribution < 1.29 is 9.53 Å². The summed E-state index contributed by atoms with van der Waals surface area (Å²) >= 11 is 0. The largest absolute Gasteiger partial charge is 0.444 e. The molecule has 2 aliphatic rings. The molecule has 1 amide bonds. The zero-order chi connectivity index (χ0) is 15.5. The lowest BCUT2D eigenvalue weighted by Gasteiger charge is -2.37. The molecule has 1 saturated heterocycles. The zero-order valence-electron chi connectivity index (χ0n) is 14.2. The van der Waals surface area contributed by atoms with Gasteiger partial charge in [0, 0.05) is 25.2 Å². The maximum absolute atomic E-state index is 12.0. The first kappa shape index (κ1) is 16.6. The van der Waals surface area contributed by atoms with Crippen LogP contribution < -0.4 is 5.32 Å². The summed E-state index contributed by atoms with van der Waals surface area (Å²) in [5.74, 6) is 0.859. The lowest BCUT2D eigenvalue weighted by molar-refractivity contribution is 0.0194. The monoisotopic (exact) mass is 296 g/mol. The number of hydrogen-bond acceptors (Lipinski definition) is 3. The van der Waals surface area contributed by atoms with Gasteiger partial charge in [-0.25, -0.2) is 4.79 Å². The standard InChI is InChI=1S/C17H32N2O2/c1-13-6-5-7-15(12-13)18-14-8-10-19(11-9-14)16(20)21-17(2,3)4/h13-15,18H,5-12H2,1-4H3. The molecule has 21 heavy (non-hydrogen) atoms. The summed E-state index contributed by atoms with van der Waals surface area (Å²) in [6, 6.07) is 1.26. The number of likely N-dealkylation sites (tertiary alicyclic amines) is 1. The third kappa shape index (κ3) is 5.50. The molecule has 1 N–H and O–H groups in total. The van der Waals surface area contributed by atoms with Crippen LogP contribution in [0.25, 0.3) is 0 Å². The molecule has 0 spiro atoms. The molecule has 1 saturated carbocycles. The highest BCUT2D eigenvalue weighted by molar-refractivity contribution is 5.68. The minimum absolute atomic E-state index is 0.160. The molecule has 0 aromatic carbocycles.